The van der Waals surface area contributed by atoms with Gasteiger partial charge in [0, 0.05) is 12.2 Å². The van der Waals surface area contributed by atoms with Crippen LogP contribution in [0.5, 0.6) is 0 Å². The lowest BCUT2D eigenvalue weighted by molar-refractivity contribution is 0.0624. The van der Waals surface area contributed by atoms with E-state index in [0.717, 1.165) is 19.4 Å². The molecular weight excluding hydrogens is 306 g/mol. The summed E-state index contributed by atoms with van der Waals surface area (Å²) in [7, 11) is 0. The monoisotopic (exact) mass is 325 g/mol. The van der Waals surface area contributed by atoms with Crippen LogP contribution in [0.2, 0.25) is 0 Å². The largest absolute Gasteiger partial charge is 0.478 e. The molecule has 2 N–H and O–H groups in total. The molecule has 0 radical (unpaired) electrons. The fraction of sp³-hybridized carbons (Fsp3) is 0.263. The summed E-state index contributed by atoms with van der Waals surface area (Å²) in [5.74, 6) is -1.22. The van der Waals surface area contributed by atoms with Crippen molar-refractivity contribution in [1.82, 2.24) is 5.32 Å². The second-order valence-electron chi connectivity index (χ2n) is 5.78. The number of aromatic carboxylic acids is 1. The minimum Gasteiger partial charge on any atom is -0.478 e. The molecule has 124 valence electrons. The maximum Gasteiger partial charge on any atom is 0.336 e. The van der Waals surface area contributed by atoms with Crippen molar-refractivity contribution in [3.8, 4) is 11.1 Å². The molecule has 5 nitrogen and oxygen atoms in total. The van der Waals surface area contributed by atoms with Gasteiger partial charge in [-0.15, -0.1) is 0 Å². The van der Waals surface area contributed by atoms with Gasteiger partial charge in [-0.3, -0.25) is 4.79 Å². The first-order chi connectivity index (χ1) is 11.7. The molecule has 1 aliphatic rings. The topological polar surface area (TPSA) is 75.6 Å². The van der Waals surface area contributed by atoms with Crippen molar-refractivity contribution < 1.29 is 19.4 Å². The van der Waals surface area contributed by atoms with Gasteiger partial charge in [0.2, 0.25) is 0 Å². The SMILES string of the molecule is O=C(O)c1ccccc1-c1ccccc1C(=O)N[C@H]1CCCOC1. The minimum atomic E-state index is -1.01. The summed E-state index contributed by atoms with van der Waals surface area (Å²) in [4.78, 5) is 24.2. The molecule has 0 aromatic heterocycles. The van der Waals surface area contributed by atoms with Crippen molar-refractivity contribution >= 4 is 11.9 Å². The van der Waals surface area contributed by atoms with Crippen LogP contribution in [0.4, 0.5) is 0 Å². The van der Waals surface area contributed by atoms with Gasteiger partial charge in [0.05, 0.1) is 18.2 Å². The third-order valence-corrected chi connectivity index (χ3v) is 4.11. The molecule has 0 saturated carbocycles. The highest BCUT2D eigenvalue weighted by Gasteiger charge is 2.21. The first-order valence-electron chi connectivity index (χ1n) is 7.97. The Bertz CT molecular complexity index is 751. The lowest BCUT2D eigenvalue weighted by Crippen LogP contribution is -2.40. The van der Waals surface area contributed by atoms with Crippen LogP contribution in [0.15, 0.2) is 48.5 Å². The molecule has 5 heteroatoms. The maximum absolute atomic E-state index is 12.7. The van der Waals surface area contributed by atoms with E-state index >= 15 is 0 Å². The Labute approximate surface area is 140 Å². The predicted octanol–water partition coefficient (Wildman–Crippen LogP) is 2.96. The number of carboxylic acid groups (broad SMARTS) is 1. The van der Waals surface area contributed by atoms with E-state index in [4.69, 9.17) is 4.74 Å². The molecule has 1 fully saturated rings. The number of hydrogen-bond acceptors (Lipinski definition) is 3. The van der Waals surface area contributed by atoms with Crippen molar-refractivity contribution in [2.24, 2.45) is 0 Å². The highest BCUT2D eigenvalue weighted by molar-refractivity contribution is 6.04. The van der Waals surface area contributed by atoms with Crippen LogP contribution in [0, 0.1) is 0 Å². The Morgan fingerprint density at radius 1 is 1.00 bits per heavy atom. The maximum atomic E-state index is 12.7. The molecule has 0 unspecified atom stereocenters. The van der Waals surface area contributed by atoms with Gasteiger partial charge >= 0.3 is 5.97 Å². The first-order valence-corrected chi connectivity index (χ1v) is 7.97. The molecule has 2 aromatic rings. The van der Waals surface area contributed by atoms with E-state index in [-0.39, 0.29) is 17.5 Å². The van der Waals surface area contributed by atoms with Crippen LogP contribution < -0.4 is 5.32 Å². The van der Waals surface area contributed by atoms with Crippen LogP contribution >= 0.6 is 0 Å². The summed E-state index contributed by atoms with van der Waals surface area (Å²) >= 11 is 0. The molecule has 1 heterocycles. The number of benzene rings is 2. The van der Waals surface area contributed by atoms with E-state index in [2.05, 4.69) is 5.32 Å². The van der Waals surface area contributed by atoms with Crippen molar-refractivity contribution in [1.29, 1.82) is 0 Å². The zero-order valence-electron chi connectivity index (χ0n) is 13.2. The van der Waals surface area contributed by atoms with Crippen LogP contribution in [-0.2, 0) is 4.74 Å². The molecule has 2 aromatic carbocycles. The quantitative estimate of drug-likeness (QED) is 0.906. The van der Waals surface area contributed by atoms with E-state index in [1.54, 1.807) is 48.5 Å². The number of ether oxygens (including phenoxy) is 1. The van der Waals surface area contributed by atoms with Crippen molar-refractivity contribution in [2.45, 2.75) is 18.9 Å². The molecule has 1 aliphatic heterocycles. The average Bonchev–Trinajstić information content (AvgIpc) is 2.62. The minimum absolute atomic E-state index is 0.00553. The zero-order chi connectivity index (χ0) is 16.9. The van der Waals surface area contributed by atoms with Gasteiger partial charge in [0.25, 0.3) is 5.91 Å². The van der Waals surface area contributed by atoms with Crippen LogP contribution in [0.1, 0.15) is 33.6 Å². The second kappa shape index (κ2) is 7.27. The second-order valence-corrected chi connectivity index (χ2v) is 5.78. The van der Waals surface area contributed by atoms with Crippen molar-refractivity contribution in [2.75, 3.05) is 13.2 Å². The molecule has 1 atom stereocenters. The Morgan fingerprint density at radius 3 is 2.25 bits per heavy atom. The smallest absolute Gasteiger partial charge is 0.336 e. The van der Waals surface area contributed by atoms with Gasteiger partial charge in [-0.2, -0.15) is 0 Å². The summed E-state index contributed by atoms with van der Waals surface area (Å²) in [6, 6.07) is 13.8. The summed E-state index contributed by atoms with van der Waals surface area (Å²) in [6.45, 7) is 1.24. The number of amides is 1. The fourth-order valence-corrected chi connectivity index (χ4v) is 2.94. The highest BCUT2D eigenvalue weighted by atomic mass is 16.5. The van der Waals surface area contributed by atoms with Crippen molar-refractivity contribution in [3.63, 3.8) is 0 Å². The van der Waals surface area contributed by atoms with E-state index in [1.165, 1.54) is 0 Å². The van der Waals surface area contributed by atoms with Gasteiger partial charge < -0.3 is 15.2 Å². The summed E-state index contributed by atoms with van der Waals surface area (Å²) in [5, 5.41) is 12.4. The highest BCUT2D eigenvalue weighted by Crippen LogP contribution is 2.27. The van der Waals surface area contributed by atoms with E-state index in [1.807, 2.05) is 0 Å². The predicted molar refractivity (Wildman–Crippen MR) is 90.1 cm³/mol. The Kier molecular flexibility index (Phi) is 4.91. The lowest BCUT2D eigenvalue weighted by Gasteiger charge is -2.23. The molecule has 3 rings (SSSR count). The molecule has 0 bridgehead atoms. The summed E-state index contributed by atoms with van der Waals surface area (Å²) < 4.78 is 5.39. The van der Waals surface area contributed by atoms with Crippen LogP contribution in [0.25, 0.3) is 11.1 Å². The van der Waals surface area contributed by atoms with Crippen molar-refractivity contribution in [3.05, 3.63) is 59.7 Å². The fourth-order valence-electron chi connectivity index (χ4n) is 2.94. The molecule has 1 amide bonds. The third kappa shape index (κ3) is 3.46. The van der Waals surface area contributed by atoms with E-state index in [9.17, 15) is 14.7 Å². The standard InChI is InChI=1S/C19H19NO4/c21-18(20-13-6-5-11-24-12-13)16-9-3-1-7-14(16)15-8-2-4-10-17(15)19(22)23/h1-4,7-10,13H,5-6,11-12H2,(H,20,21)(H,22,23)/t13-/m0/s1. The van der Waals surface area contributed by atoms with E-state index < -0.39 is 5.97 Å². The van der Waals surface area contributed by atoms with E-state index in [0.29, 0.717) is 23.3 Å². The third-order valence-electron chi connectivity index (χ3n) is 4.11. The molecular formula is C19H19NO4. The van der Waals surface area contributed by atoms with Gasteiger partial charge in [0.1, 0.15) is 0 Å². The first kappa shape index (κ1) is 16.2. The van der Waals surface area contributed by atoms with Crippen LogP contribution in [-0.4, -0.2) is 36.2 Å². The number of carbonyl (C=O) groups excluding carboxylic acids is 1. The molecule has 1 saturated heterocycles. The Hall–Kier alpha value is -2.66. The molecule has 24 heavy (non-hydrogen) atoms. The van der Waals surface area contributed by atoms with Crippen LogP contribution in [0.3, 0.4) is 0 Å². The van der Waals surface area contributed by atoms with Gasteiger partial charge in [0.15, 0.2) is 0 Å². The number of carbonyl (C=O) groups is 2. The average molecular weight is 325 g/mol. The van der Waals surface area contributed by atoms with Gasteiger partial charge in [-0.1, -0.05) is 36.4 Å². The number of nitrogens with one attached hydrogen (secondary N) is 1. The number of rotatable bonds is 4. The van der Waals surface area contributed by atoms with Gasteiger partial charge in [-0.05, 0) is 36.1 Å². The van der Waals surface area contributed by atoms with Gasteiger partial charge in [-0.25, -0.2) is 4.79 Å². The Balaban J connectivity index is 1.93. The normalized spacial score (nSPS) is 17.2. The number of hydrogen-bond donors (Lipinski definition) is 2. The summed E-state index contributed by atoms with van der Waals surface area (Å²) in [6.07, 6.45) is 1.81. The molecule has 0 aliphatic carbocycles. The molecule has 0 spiro atoms. The zero-order valence-corrected chi connectivity index (χ0v) is 13.2. The number of carboxylic acids is 1. The summed E-state index contributed by atoms with van der Waals surface area (Å²) in [5.41, 5.74) is 1.80. The lowest BCUT2D eigenvalue weighted by atomic mass is 9.94. The Morgan fingerprint density at radius 2 is 1.62 bits per heavy atom.